The zero-order valence-electron chi connectivity index (χ0n) is 29.5. The molecule has 2 unspecified atom stereocenters. The molecule has 0 heterocycles. The van der Waals surface area contributed by atoms with E-state index in [4.69, 9.17) is 0 Å². The van der Waals surface area contributed by atoms with E-state index in [2.05, 4.69) is 0 Å². The Bertz CT molecular complexity index is 1170. The Hall–Kier alpha value is -3.02. The second-order valence-electron chi connectivity index (χ2n) is 17.1. The molecular weight excluding hydrogens is 552 g/mol. The molecule has 0 saturated carbocycles. The molecule has 0 radical (unpaired) electrons. The van der Waals surface area contributed by atoms with E-state index >= 15 is 0 Å². The molecule has 0 aliphatic heterocycles. The number of phenolic OH excluding ortho intramolecular Hbond substituents is 2. The van der Waals surface area contributed by atoms with Crippen molar-refractivity contribution in [2.24, 2.45) is 17.8 Å². The van der Waals surface area contributed by atoms with Crippen molar-refractivity contribution in [1.29, 1.82) is 0 Å². The Morgan fingerprint density at radius 3 is 0.955 bits per heavy atom. The van der Waals surface area contributed by atoms with E-state index in [-0.39, 0.29) is 39.1 Å². The number of phenols is 2. The fourth-order valence-electron chi connectivity index (χ4n) is 6.09. The minimum Gasteiger partial charge on any atom is -0.507 e. The maximum absolute atomic E-state index is 12.5. The first kappa shape index (κ1) is 37.2. The number of carboxylic acid groups (broad SMARTS) is 2. The van der Waals surface area contributed by atoms with Gasteiger partial charge in [-0.3, -0.25) is 9.59 Å². The predicted molar refractivity (Wildman–Crippen MR) is 179 cm³/mol. The standard InChI is InChI=1S/C38H58O6/c1-22(14-25(33(41)42)16-23-18-27(35(2,3)4)31(39)28(19-23)36(5,6)7)15-26(34(43)44)17-24-20-29(37(8,9)10)32(40)30(21-24)38(11,12)13/h18-22,25-26,39-40H,14-17H2,1-13H3,(H,41,42)(H,43,44). The first-order chi connectivity index (χ1) is 19.7. The van der Waals surface area contributed by atoms with E-state index in [9.17, 15) is 30.0 Å². The normalized spacial score (nSPS) is 15.1. The van der Waals surface area contributed by atoms with Crippen LogP contribution in [0.5, 0.6) is 11.5 Å². The number of aliphatic carboxylic acids is 2. The van der Waals surface area contributed by atoms with E-state index in [1.54, 1.807) is 0 Å². The molecule has 2 aromatic carbocycles. The van der Waals surface area contributed by atoms with Crippen LogP contribution in [0.1, 0.15) is 136 Å². The topological polar surface area (TPSA) is 115 Å². The minimum atomic E-state index is -0.908. The van der Waals surface area contributed by atoms with Crippen molar-refractivity contribution < 1.29 is 30.0 Å². The van der Waals surface area contributed by atoms with Gasteiger partial charge < -0.3 is 20.4 Å². The fraction of sp³-hybridized carbons (Fsp3) is 0.632. The van der Waals surface area contributed by atoms with Gasteiger partial charge in [-0.05, 0) is 86.6 Å². The van der Waals surface area contributed by atoms with Gasteiger partial charge in [-0.25, -0.2) is 0 Å². The molecule has 0 aliphatic carbocycles. The smallest absolute Gasteiger partial charge is 0.306 e. The van der Waals surface area contributed by atoms with Gasteiger partial charge in [-0.1, -0.05) is 114 Å². The second kappa shape index (κ2) is 13.1. The molecule has 0 bridgehead atoms. The van der Waals surface area contributed by atoms with Crippen LogP contribution in [0.25, 0.3) is 0 Å². The van der Waals surface area contributed by atoms with E-state index in [0.717, 1.165) is 33.4 Å². The van der Waals surface area contributed by atoms with Crippen LogP contribution in [0.15, 0.2) is 24.3 Å². The average Bonchev–Trinajstić information content (AvgIpc) is 2.81. The van der Waals surface area contributed by atoms with Crippen LogP contribution in [-0.4, -0.2) is 32.4 Å². The molecule has 2 atom stereocenters. The lowest BCUT2D eigenvalue weighted by molar-refractivity contribution is -0.142. The highest BCUT2D eigenvalue weighted by atomic mass is 16.4. The summed E-state index contributed by atoms with van der Waals surface area (Å²) < 4.78 is 0. The average molecular weight is 611 g/mol. The molecule has 2 aromatic rings. The number of carbonyl (C=O) groups is 2. The van der Waals surface area contributed by atoms with Crippen LogP contribution in [0.4, 0.5) is 0 Å². The lowest BCUT2D eigenvalue weighted by atomic mass is 9.76. The predicted octanol–water partition coefficient (Wildman–Crippen LogP) is 8.89. The number of hydrogen-bond acceptors (Lipinski definition) is 4. The SMILES string of the molecule is CC(CC(Cc1cc(C(C)(C)C)c(O)c(C(C)(C)C)c1)C(=O)O)CC(Cc1cc(C(C)(C)C)c(O)c(C(C)(C)C)c1)C(=O)O. The van der Waals surface area contributed by atoms with Crippen LogP contribution >= 0.6 is 0 Å². The summed E-state index contributed by atoms with van der Waals surface area (Å²) in [4.78, 5) is 25.0. The Morgan fingerprint density at radius 2 is 0.773 bits per heavy atom. The molecule has 6 heteroatoms. The van der Waals surface area contributed by atoms with Crippen molar-refractivity contribution in [3.05, 3.63) is 57.6 Å². The molecule has 6 nitrogen and oxygen atoms in total. The van der Waals surface area contributed by atoms with Gasteiger partial charge >= 0.3 is 11.9 Å². The maximum Gasteiger partial charge on any atom is 0.306 e. The van der Waals surface area contributed by atoms with Crippen LogP contribution in [0, 0.1) is 17.8 Å². The first-order valence-electron chi connectivity index (χ1n) is 15.9. The molecule has 0 amide bonds. The number of benzene rings is 2. The van der Waals surface area contributed by atoms with E-state index in [0.29, 0.717) is 25.7 Å². The van der Waals surface area contributed by atoms with Gasteiger partial charge in [0, 0.05) is 0 Å². The molecule has 0 aliphatic rings. The van der Waals surface area contributed by atoms with Crippen molar-refractivity contribution in [2.45, 2.75) is 137 Å². The summed E-state index contributed by atoms with van der Waals surface area (Å²) >= 11 is 0. The molecule has 246 valence electrons. The molecule has 2 rings (SSSR count). The summed E-state index contributed by atoms with van der Waals surface area (Å²) in [5, 5.41) is 42.6. The zero-order chi connectivity index (χ0) is 34.2. The molecule has 4 N–H and O–H groups in total. The molecule has 44 heavy (non-hydrogen) atoms. The summed E-state index contributed by atoms with van der Waals surface area (Å²) in [6.07, 6.45) is 1.27. The monoisotopic (exact) mass is 610 g/mol. The number of aromatic hydroxyl groups is 2. The zero-order valence-corrected chi connectivity index (χ0v) is 29.5. The number of carboxylic acids is 2. The molecule has 0 saturated heterocycles. The lowest BCUT2D eigenvalue weighted by Crippen LogP contribution is -2.25. The summed E-state index contributed by atoms with van der Waals surface area (Å²) in [6, 6.07) is 7.71. The summed E-state index contributed by atoms with van der Waals surface area (Å²) in [5.74, 6) is -2.84. The van der Waals surface area contributed by atoms with Gasteiger partial charge in [0.05, 0.1) is 11.8 Å². The summed E-state index contributed by atoms with van der Waals surface area (Å²) in [5.41, 5.74) is 3.60. The highest BCUT2D eigenvalue weighted by molar-refractivity contribution is 5.71. The summed E-state index contributed by atoms with van der Waals surface area (Å²) in [6.45, 7) is 26.3. The van der Waals surface area contributed by atoms with E-state index in [1.807, 2.05) is 114 Å². The lowest BCUT2D eigenvalue weighted by Gasteiger charge is -2.29. The van der Waals surface area contributed by atoms with Crippen LogP contribution in [0.2, 0.25) is 0 Å². The quantitative estimate of drug-likeness (QED) is 0.214. The van der Waals surface area contributed by atoms with E-state index in [1.165, 1.54) is 0 Å². The third-order valence-corrected chi connectivity index (χ3v) is 8.61. The third kappa shape index (κ3) is 9.49. The van der Waals surface area contributed by atoms with E-state index < -0.39 is 23.8 Å². The Labute approximate surface area is 265 Å². The van der Waals surface area contributed by atoms with Crippen LogP contribution in [0.3, 0.4) is 0 Å². The van der Waals surface area contributed by atoms with Gasteiger partial charge in [-0.2, -0.15) is 0 Å². The van der Waals surface area contributed by atoms with Gasteiger partial charge in [0.15, 0.2) is 0 Å². The van der Waals surface area contributed by atoms with Crippen LogP contribution in [-0.2, 0) is 44.1 Å². The number of hydrogen-bond donors (Lipinski definition) is 4. The largest absolute Gasteiger partial charge is 0.507 e. The Kier molecular flexibility index (Phi) is 11.1. The van der Waals surface area contributed by atoms with Gasteiger partial charge in [0.1, 0.15) is 11.5 Å². The van der Waals surface area contributed by atoms with Gasteiger partial charge in [0.25, 0.3) is 0 Å². The first-order valence-corrected chi connectivity index (χ1v) is 15.9. The maximum atomic E-state index is 12.5. The van der Waals surface area contributed by atoms with Crippen molar-refractivity contribution in [1.82, 2.24) is 0 Å². The molecule has 0 spiro atoms. The third-order valence-electron chi connectivity index (χ3n) is 8.61. The number of rotatable bonds is 10. The molecular formula is C38H58O6. The van der Waals surface area contributed by atoms with Crippen molar-refractivity contribution in [3.8, 4) is 11.5 Å². The molecule has 0 aromatic heterocycles. The fourth-order valence-corrected chi connectivity index (χ4v) is 6.09. The highest BCUT2D eigenvalue weighted by Crippen LogP contribution is 2.42. The van der Waals surface area contributed by atoms with Crippen LogP contribution < -0.4 is 0 Å². The Balaban J connectivity index is 2.38. The second-order valence-corrected chi connectivity index (χ2v) is 17.1. The highest BCUT2D eigenvalue weighted by Gasteiger charge is 2.31. The van der Waals surface area contributed by atoms with Gasteiger partial charge in [-0.15, -0.1) is 0 Å². The van der Waals surface area contributed by atoms with Crippen molar-refractivity contribution >= 4 is 11.9 Å². The van der Waals surface area contributed by atoms with Gasteiger partial charge in [0.2, 0.25) is 0 Å². The molecule has 0 fully saturated rings. The van der Waals surface area contributed by atoms with Crippen molar-refractivity contribution in [3.63, 3.8) is 0 Å². The summed E-state index contributed by atoms with van der Waals surface area (Å²) in [7, 11) is 0. The Morgan fingerprint density at radius 1 is 0.545 bits per heavy atom. The minimum absolute atomic E-state index is 0.153. The van der Waals surface area contributed by atoms with Crippen molar-refractivity contribution in [2.75, 3.05) is 0 Å².